The molecule has 2 aromatic heterocycles. The van der Waals surface area contributed by atoms with Crippen LogP contribution in [0.2, 0.25) is 0 Å². The Morgan fingerprint density at radius 1 is 1.13 bits per heavy atom. The third-order valence-electron chi connectivity index (χ3n) is 4.84. The van der Waals surface area contributed by atoms with E-state index in [1.54, 1.807) is 17.0 Å². The topological polar surface area (TPSA) is 109 Å². The van der Waals surface area contributed by atoms with Gasteiger partial charge in [0, 0.05) is 32.0 Å². The van der Waals surface area contributed by atoms with Crippen molar-refractivity contribution in [2.75, 3.05) is 31.2 Å². The molecule has 3 aromatic rings. The number of carbonyl (C=O) groups excluding carboxylic acids is 1. The van der Waals surface area contributed by atoms with Crippen LogP contribution in [0.4, 0.5) is 5.95 Å². The van der Waals surface area contributed by atoms with E-state index in [0.29, 0.717) is 38.8 Å². The zero-order valence-electron chi connectivity index (χ0n) is 16.3. The number of carbonyl (C=O) groups is 1. The number of anilines is 1. The molecule has 0 bridgehead atoms. The number of hydrogen-bond acceptors (Lipinski definition) is 7. The molecule has 4 rings (SSSR count). The Hall–Kier alpha value is -3.77. The van der Waals surface area contributed by atoms with E-state index in [1.807, 2.05) is 42.5 Å². The Morgan fingerprint density at radius 2 is 1.87 bits per heavy atom. The summed E-state index contributed by atoms with van der Waals surface area (Å²) in [6.45, 7) is 2.80. The normalized spacial score (nSPS) is 14.7. The maximum atomic E-state index is 12.9. The average Bonchev–Trinajstić information content (AvgIpc) is 3.25. The van der Waals surface area contributed by atoms with Gasteiger partial charge in [0.1, 0.15) is 0 Å². The summed E-state index contributed by atoms with van der Waals surface area (Å²) in [6, 6.07) is 15.2. The lowest BCUT2D eigenvalue weighted by Gasteiger charge is -2.28. The molecule has 1 saturated heterocycles. The predicted octanol–water partition coefficient (Wildman–Crippen LogP) is 1.42. The number of nitrogens with one attached hydrogen (secondary N) is 1. The van der Waals surface area contributed by atoms with Gasteiger partial charge in [-0.25, -0.2) is 0 Å². The molecule has 9 nitrogen and oxygen atoms in total. The van der Waals surface area contributed by atoms with E-state index in [9.17, 15) is 10.1 Å². The molecule has 1 fully saturated rings. The van der Waals surface area contributed by atoms with Gasteiger partial charge in [0.15, 0.2) is 11.7 Å². The summed E-state index contributed by atoms with van der Waals surface area (Å²) < 4.78 is 7.22. The summed E-state index contributed by atoms with van der Waals surface area (Å²) in [5, 5.41) is 21.2. The van der Waals surface area contributed by atoms with E-state index >= 15 is 0 Å². The van der Waals surface area contributed by atoms with Gasteiger partial charge in [0.25, 0.3) is 0 Å². The Morgan fingerprint density at radius 3 is 2.57 bits per heavy atom. The Kier molecular flexibility index (Phi) is 5.96. The average molecular weight is 403 g/mol. The van der Waals surface area contributed by atoms with E-state index in [-0.39, 0.29) is 5.82 Å². The predicted molar refractivity (Wildman–Crippen MR) is 109 cm³/mol. The SMILES string of the molecule is N#C[C@H](C(=O)NCc1ccncc1)c1nnc(N2CCOCC2)n1-c1ccccc1. The van der Waals surface area contributed by atoms with Crippen molar-refractivity contribution in [2.45, 2.75) is 12.5 Å². The van der Waals surface area contributed by atoms with Gasteiger partial charge in [-0.1, -0.05) is 18.2 Å². The minimum absolute atomic E-state index is 0.289. The van der Waals surface area contributed by atoms with Crippen molar-refractivity contribution in [3.63, 3.8) is 0 Å². The molecule has 1 atom stereocenters. The van der Waals surface area contributed by atoms with Crippen molar-refractivity contribution >= 4 is 11.9 Å². The first-order valence-electron chi connectivity index (χ1n) is 9.67. The van der Waals surface area contributed by atoms with Gasteiger partial charge in [-0.15, -0.1) is 10.2 Å². The number of nitrogens with zero attached hydrogens (tertiary/aromatic N) is 6. The number of nitriles is 1. The van der Waals surface area contributed by atoms with Crippen molar-refractivity contribution < 1.29 is 9.53 Å². The molecule has 3 heterocycles. The van der Waals surface area contributed by atoms with E-state index in [0.717, 1.165) is 11.3 Å². The minimum Gasteiger partial charge on any atom is -0.378 e. The molecule has 30 heavy (non-hydrogen) atoms. The largest absolute Gasteiger partial charge is 0.378 e. The first-order chi connectivity index (χ1) is 14.8. The zero-order valence-corrected chi connectivity index (χ0v) is 16.3. The van der Waals surface area contributed by atoms with Crippen LogP contribution in [0.3, 0.4) is 0 Å². The van der Waals surface area contributed by atoms with Crippen LogP contribution in [0, 0.1) is 11.3 Å². The monoisotopic (exact) mass is 403 g/mol. The molecule has 0 radical (unpaired) electrons. The summed E-state index contributed by atoms with van der Waals surface area (Å²) in [5.41, 5.74) is 1.69. The van der Waals surface area contributed by atoms with Crippen LogP contribution in [0.25, 0.3) is 5.69 Å². The second-order valence-electron chi connectivity index (χ2n) is 6.76. The standard InChI is InChI=1S/C21H21N7O2/c22-14-18(20(29)24-15-16-6-8-23-9-7-16)19-25-26-21(27-10-12-30-13-11-27)28(19)17-4-2-1-3-5-17/h1-9,18H,10-13,15H2,(H,24,29)/t18-/m0/s1. The van der Waals surface area contributed by atoms with Gasteiger partial charge in [-0.2, -0.15) is 5.26 Å². The molecule has 1 N–H and O–H groups in total. The van der Waals surface area contributed by atoms with Crippen LogP contribution in [0.1, 0.15) is 17.3 Å². The number of pyridine rings is 1. The van der Waals surface area contributed by atoms with Crippen molar-refractivity contribution in [2.24, 2.45) is 0 Å². The zero-order chi connectivity index (χ0) is 20.8. The molecule has 152 valence electrons. The molecule has 9 heteroatoms. The van der Waals surface area contributed by atoms with Crippen LogP contribution < -0.4 is 10.2 Å². The molecule has 1 amide bonds. The number of amides is 1. The van der Waals surface area contributed by atoms with E-state index in [1.165, 1.54) is 0 Å². The first kappa shape index (κ1) is 19.5. The lowest BCUT2D eigenvalue weighted by Crippen LogP contribution is -2.38. The fourth-order valence-corrected chi connectivity index (χ4v) is 3.29. The van der Waals surface area contributed by atoms with Gasteiger partial charge >= 0.3 is 0 Å². The van der Waals surface area contributed by atoms with Gasteiger partial charge in [-0.3, -0.25) is 14.3 Å². The minimum atomic E-state index is -1.10. The number of hydrogen-bond donors (Lipinski definition) is 1. The molecule has 1 aromatic carbocycles. The number of benzene rings is 1. The van der Waals surface area contributed by atoms with E-state index in [2.05, 4.69) is 31.5 Å². The van der Waals surface area contributed by atoms with Gasteiger partial charge in [-0.05, 0) is 29.8 Å². The quantitative estimate of drug-likeness (QED) is 0.663. The van der Waals surface area contributed by atoms with Gasteiger partial charge in [0.2, 0.25) is 11.9 Å². The number of morpholine rings is 1. The summed E-state index contributed by atoms with van der Waals surface area (Å²) in [6.07, 6.45) is 3.31. The maximum Gasteiger partial charge on any atom is 0.245 e. The third-order valence-corrected chi connectivity index (χ3v) is 4.84. The van der Waals surface area contributed by atoms with E-state index < -0.39 is 11.8 Å². The summed E-state index contributed by atoms with van der Waals surface area (Å²) in [7, 11) is 0. The van der Waals surface area contributed by atoms with E-state index in [4.69, 9.17) is 4.74 Å². The fourth-order valence-electron chi connectivity index (χ4n) is 3.29. The van der Waals surface area contributed by atoms with Crippen molar-refractivity contribution in [1.29, 1.82) is 5.26 Å². The molecular weight excluding hydrogens is 382 g/mol. The van der Waals surface area contributed by atoms with Crippen LogP contribution in [-0.2, 0) is 16.1 Å². The molecule has 1 aliphatic heterocycles. The van der Waals surface area contributed by atoms with Crippen LogP contribution in [0.15, 0.2) is 54.9 Å². The Labute approximate surface area is 173 Å². The lowest BCUT2D eigenvalue weighted by molar-refractivity contribution is -0.121. The van der Waals surface area contributed by atoms with Crippen molar-refractivity contribution in [3.05, 3.63) is 66.2 Å². The molecule has 0 aliphatic carbocycles. The molecule has 0 spiro atoms. The van der Waals surface area contributed by atoms with Crippen molar-refractivity contribution in [1.82, 2.24) is 25.1 Å². The third kappa shape index (κ3) is 4.14. The lowest BCUT2D eigenvalue weighted by atomic mass is 10.1. The molecule has 1 aliphatic rings. The summed E-state index contributed by atoms with van der Waals surface area (Å²) in [5.74, 6) is -0.638. The maximum absolute atomic E-state index is 12.9. The summed E-state index contributed by atoms with van der Waals surface area (Å²) >= 11 is 0. The highest BCUT2D eigenvalue weighted by Gasteiger charge is 2.30. The highest BCUT2D eigenvalue weighted by molar-refractivity contribution is 5.85. The van der Waals surface area contributed by atoms with Crippen molar-refractivity contribution in [3.8, 4) is 11.8 Å². The first-order valence-corrected chi connectivity index (χ1v) is 9.67. The van der Waals surface area contributed by atoms with Crippen LogP contribution in [-0.4, -0.2) is 52.0 Å². The molecule has 0 unspecified atom stereocenters. The van der Waals surface area contributed by atoms with Crippen LogP contribution >= 0.6 is 0 Å². The number of para-hydroxylation sites is 1. The highest BCUT2D eigenvalue weighted by Crippen LogP contribution is 2.25. The fraction of sp³-hybridized carbons (Fsp3) is 0.286. The van der Waals surface area contributed by atoms with Crippen LogP contribution in [0.5, 0.6) is 0 Å². The Bertz CT molecular complexity index is 1020. The molecule has 0 saturated carbocycles. The second-order valence-corrected chi connectivity index (χ2v) is 6.76. The number of aromatic nitrogens is 4. The number of ether oxygens (including phenoxy) is 1. The number of rotatable bonds is 6. The summed E-state index contributed by atoms with van der Waals surface area (Å²) in [4.78, 5) is 18.9. The van der Waals surface area contributed by atoms with Gasteiger partial charge < -0.3 is 15.0 Å². The highest BCUT2D eigenvalue weighted by atomic mass is 16.5. The molecular formula is C21H21N7O2. The smallest absolute Gasteiger partial charge is 0.245 e. The van der Waals surface area contributed by atoms with Gasteiger partial charge in [0.05, 0.1) is 25.0 Å². The second kappa shape index (κ2) is 9.15. The Balaban J connectivity index is 1.65.